The van der Waals surface area contributed by atoms with E-state index in [4.69, 9.17) is 9.47 Å². The molecule has 1 aromatic rings. The molecule has 0 aliphatic carbocycles. The van der Waals surface area contributed by atoms with Crippen LogP contribution in [0.5, 0.6) is 0 Å². The molecule has 1 atom stereocenters. The third-order valence-electron chi connectivity index (χ3n) is 3.61. The van der Waals surface area contributed by atoms with Gasteiger partial charge in [-0.25, -0.2) is 0 Å². The maximum absolute atomic E-state index is 11.4. The minimum Gasteiger partial charge on any atom is -0.469 e. The van der Waals surface area contributed by atoms with E-state index in [0.29, 0.717) is 6.42 Å². The van der Waals surface area contributed by atoms with Crippen molar-refractivity contribution in [2.24, 2.45) is 0 Å². The fraction of sp³-hybridized carbons (Fsp3) is 0.533. The molecule has 19 heavy (non-hydrogen) atoms. The Morgan fingerprint density at radius 2 is 2.16 bits per heavy atom. The first kappa shape index (κ1) is 14.0. The molecule has 1 aliphatic rings. The Morgan fingerprint density at radius 1 is 1.42 bits per heavy atom. The summed E-state index contributed by atoms with van der Waals surface area (Å²) in [6.45, 7) is 4.47. The van der Waals surface area contributed by atoms with Gasteiger partial charge in [0.25, 0.3) is 0 Å². The molecular formula is C15H21NO3. The van der Waals surface area contributed by atoms with Crippen molar-refractivity contribution in [1.82, 2.24) is 5.32 Å². The van der Waals surface area contributed by atoms with E-state index in [1.165, 1.54) is 7.11 Å². The SMILES string of the molecule is COC(=O)Cc1ccccc1CNC1(C)CCOC1. The van der Waals surface area contributed by atoms with Crippen LogP contribution >= 0.6 is 0 Å². The summed E-state index contributed by atoms with van der Waals surface area (Å²) in [6.07, 6.45) is 1.34. The van der Waals surface area contributed by atoms with Crippen LogP contribution in [0.1, 0.15) is 24.5 Å². The van der Waals surface area contributed by atoms with Gasteiger partial charge in [0, 0.05) is 18.7 Å². The summed E-state index contributed by atoms with van der Waals surface area (Å²) in [5, 5.41) is 3.53. The molecule has 1 aliphatic heterocycles. The van der Waals surface area contributed by atoms with Gasteiger partial charge >= 0.3 is 5.97 Å². The molecule has 2 rings (SSSR count). The number of hydrogen-bond acceptors (Lipinski definition) is 4. The van der Waals surface area contributed by atoms with E-state index in [1.807, 2.05) is 24.3 Å². The van der Waals surface area contributed by atoms with Crippen LogP contribution in [0.25, 0.3) is 0 Å². The largest absolute Gasteiger partial charge is 0.469 e. The number of carbonyl (C=O) groups excluding carboxylic acids is 1. The number of esters is 1. The second-order valence-electron chi connectivity index (χ2n) is 5.24. The van der Waals surface area contributed by atoms with Gasteiger partial charge in [-0.3, -0.25) is 4.79 Å². The molecule has 4 nitrogen and oxygen atoms in total. The van der Waals surface area contributed by atoms with E-state index in [9.17, 15) is 4.79 Å². The van der Waals surface area contributed by atoms with Crippen LogP contribution in [-0.2, 0) is 27.2 Å². The van der Waals surface area contributed by atoms with Crippen LogP contribution < -0.4 is 5.32 Å². The van der Waals surface area contributed by atoms with E-state index in [2.05, 4.69) is 12.2 Å². The smallest absolute Gasteiger partial charge is 0.309 e. The molecule has 0 spiro atoms. The predicted octanol–water partition coefficient (Wildman–Crippen LogP) is 1.67. The fourth-order valence-electron chi connectivity index (χ4n) is 2.25. The number of rotatable bonds is 5. The monoisotopic (exact) mass is 263 g/mol. The highest BCUT2D eigenvalue weighted by molar-refractivity contribution is 5.72. The molecule has 1 fully saturated rings. The zero-order chi connectivity index (χ0) is 13.7. The number of nitrogens with one attached hydrogen (secondary N) is 1. The van der Waals surface area contributed by atoms with Crippen LogP contribution in [0.3, 0.4) is 0 Å². The van der Waals surface area contributed by atoms with Crippen molar-refractivity contribution in [2.75, 3.05) is 20.3 Å². The predicted molar refractivity (Wildman–Crippen MR) is 72.8 cm³/mol. The average molecular weight is 263 g/mol. The molecule has 104 valence electrons. The Balaban J connectivity index is 2.01. The summed E-state index contributed by atoms with van der Waals surface area (Å²) in [6, 6.07) is 7.96. The first-order valence-corrected chi connectivity index (χ1v) is 6.59. The van der Waals surface area contributed by atoms with Gasteiger partial charge in [-0.1, -0.05) is 24.3 Å². The summed E-state index contributed by atoms with van der Waals surface area (Å²) in [4.78, 5) is 11.4. The molecule has 1 heterocycles. The molecule has 1 unspecified atom stereocenters. The third kappa shape index (κ3) is 3.78. The van der Waals surface area contributed by atoms with Crippen molar-refractivity contribution >= 4 is 5.97 Å². The first-order valence-electron chi connectivity index (χ1n) is 6.59. The van der Waals surface area contributed by atoms with Gasteiger partial charge in [0.2, 0.25) is 0 Å². The fourth-order valence-corrected chi connectivity index (χ4v) is 2.25. The zero-order valence-electron chi connectivity index (χ0n) is 11.6. The van der Waals surface area contributed by atoms with Crippen molar-refractivity contribution in [1.29, 1.82) is 0 Å². The Hall–Kier alpha value is -1.39. The number of ether oxygens (including phenoxy) is 2. The second-order valence-corrected chi connectivity index (χ2v) is 5.24. The topological polar surface area (TPSA) is 47.6 Å². The molecule has 1 N–H and O–H groups in total. The molecule has 0 amide bonds. The lowest BCUT2D eigenvalue weighted by Gasteiger charge is -2.24. The number of benzene rings is 1. The molecule has 0 radical (unpaired) electrons. The second kappa shape index (κ2) is 6.17. The van der Waals surface area contributed by atoms with Gasteiger partial charge in [0.15, 0.2) is 0 Å². The van der Waals surface area contributed by atoms with Crippen LogP contribution in [0, 0.1) is 0 Å². The highest BCUT2D eigenvalue weighted by Gasteiger charge is 2.28. The molecule has 0 saturated carbocycles. The highest BCUT2D eigenvalue weighted by atomic mass is 16.5. The van der Waals surface area contributed by atoms with Crippen molar-refractivity contribution < 1.29 is 14.3 Å². The average Bonchev–Trinajstić information content (AvgIpc) is 2.85. The van der Waals surface area contributed by atoms with E-state index in [-0.39, 0.29) is 11.5 Å². The summed E-state index contributed by atoms with van der Waals surface area (Å²) in [7, 11) is 1.42. The Bertz CT molecular complexity index is 439. The Morgan fingerprint density at radius 3 is 2.79 bits per heavy atom. The third-order valence-corrected chi connectivity index (χ3v) is 3.61. The van der Waals surface area contributed by atoms with E-state index in [0.717, 1.165) is 37.3 Å². The van der Waals surface area contributed by atoms with Crippen molar-refractivity contribution in [2.45, 2.75) is 31.8 Å². The number of carbonyl (C=O) groups is 1. The number of methoxy groups -OCH3 is 1. The van der Waals surface area contributed by atoms with Crippen molar-refractivity contribution in [3.05, 3.63) is 35.4 Å². The van der Waals surface area contributed by atoms with Crippen molar-refractivity contribution in [3.8, 4) is 0 Å². The van der Waals surface area contributed by atoms with E-state index in [1.54, 1.807) is 0 Å². The molecule has 1 aromatic carbocycles. The quantitative estimate of drug-likeness (QED) is 0.821. The van der Waals surface area contributed by atoms with Gasteiger partial charge in [-0.15, -0.1) is 0 Å². The van der Waals surface area contributed by atoms with Crippen LogP contribution in [-0.4, -0.2) is 31.8 Å². The number of hydrogen-bond donors (Lipinski definition) is 1. The standard InChI is InChI=1S/C15H21NO3/c1-15(7-8-19-11-15)16-10-13-6-4-3-5-12(13)9-14(17)18-2/h3-6,16H,7-11H2,1-2H3. The molecule has 0 bridgehead atoms. The van der Waals surface area contributed by atoms with Gasteiger partial charge in [-0.05, 0) is 24.5 Å². The molecule has 4 heteroatoms. The van der Waals surface area contributed by atoms with Crippen LogP contribution in [0.15, 0.2) is 24.3 Å². The van der Waals surface area contributed by atoms with Gasteiger partial charge in [0.05, 0.1) is 20.1 Å². The maximum Gasteiger partial charge on any atom is 0.309 e. The highest BCUT2D eigenvalue weighted by Crippen LogP contribution is 2.19. The van der Waals surface area contributed by atoms with Crippen LogP contribution in [0.4, 0.5) is 0 Å². The van der Waals surface area contributed by atoms with Gasteiger partial charge < -0.3 is 14.8 Å². The summed E-state index contributed by atoms with van der Waals surface area (Å²) in [5.74, 6) is -0.206. The normalized spacial score (nSPS) is 22.4. The van der Waals surface area contributed by atoms with Crippen LogP contribution in [0.2, 0.25) is 0 Å². The lowest BCUT2D eigenvalue weighted by molar-refractivity contribution is -0.139. The minimum atomic E-state index is -0.206. The maximum atomic E-state index is 11.4. The minimum absolute atomic E-state index is 0.0401. The lowest BCUT2D eigenvalue weighted by Crippen LogP contribution is -2.42. The Labute approximate surface area is 114 Å². The zero-order valence-corrected chi connectivity index (χ0v) is 11.6. The summed E-state index contributed by atoms with van der Waals surface area (Å²) < 4.78 is 10.2. The van der Waals surface area contributed by atoms with E-state index < -0.39 is 0 Å². The lowest BCUT2D eigenvalue weighted by atomic mass is 9.99. The Kier molecular flexibility index (Phi) is 4.56. The first-order chi connectivity index (χ1) is 9.13. The van der Waals surface area contributed by atoms with Gasteiger partial charge in [-0.2, -0.15) is 0 Å². The summed E-state index contributed by atoms with van der Waals surface area (Å²) in [5.41, 5.74) is 2.20. The summed E-state index contributed by atoms with van der Waals surface area (Å²) >= 11 is 0. The van der Waals surface area contributed by atoms with Crippen molar-refractivity contribution in [3.63, 3.8) is 0 Å². The molecular weight excluding hydrogens is 242 g/mol. The molecule has 0 aromatic heterocycles. The van der Waals surface area contributed by atoms with E-state index >= 15 is 0 Å². The molecule has 1 saturated heterocycles. The van der Waals surface area contributed by atoms with Gasteiger partial charge in [0.1, 0.15) is 0 Å².